The van der Waals surface area contributed by atoms with Gasteiger partial charge in [-0.25, -0.2) is 4.98 Å². The summed E-state index contributed by atoms with van der Waals surface area (Å²) < 4.78 is 0. The van der Waals surface area contributed by atoms with E-state index in [9.17, 15) is 9.90 Å². The van der Waals surface area contributed by atoms with Gasteiger partial charge in [0, 0.05) is 42.0 Å². The molecule has 0 bridgehead atoms. The van der Waals surface area contributed by atoms with Crippen molar-refractivity contribution in [3.63, 3.8) is 0 Å². The molecule has 2 N–H and O–H groups in total. The van der Waals surface area contributed by atoms with Gasteiger partial charge >= 0.3 is 0 Å². The van der Waals surface area contributed by atoms with Gasteiger partial charge in [-0.3, -0.25) is 14.9 Å². The summed E-state index contributed by atoms with van der Waals surface area (Å²) in [5, 5.41) is 17.2. The molecule has 1 fully saturated rings. The second-order valence-electron chi connectivity index (χ2n) is 9.51. The molecule has 1 atom stereocenters. The number of pyridine rings is 2. The second kappa shape index (κ2) is 8.02. The number of H-pyrrole nitrogens is 1. The van der Waals surface area contributed by atoms with Crippen molar-refractivity contribution >= 4 is 16.9 Å². The molecule has 3 aromatic heterocycles. The summed E-state index contributed by atoms with van der Waals surface area (Å²) in [6, 6.07) is 12.7. The monoisotopic (exact) mass is 453 g/mol. The van der Waals surface area contributed by atoms with Crippen molar-refractivity contribution in [1.29, 1.82) is 0 Å². The largest absolute Gasteiger partial charge is 0.384 e. The van der Waals surface area contributed by atoms with Crippen LogP contribution in [0.3, 0.4) is 0 Å². The minimum atomic E-state index is -0.956. The minimum Gasteiger partial charge on any atom is -0.384 e. The summed E-state index contributed by atoms with van der Waals surface area (Å²) >= 11 is 0. The fraction of sp³-hybridized carbons (Fsp3) is 0.333. The Bertz CT molecular complexity index is 1400. The number of aliphatic hydroxyl groups excluding tert-OH is 1. The van der Waals surface area contributed by atoms with E-state index in [2.05, 4.69) is 46.4 Å². The lowest BCUT2D eigenvalue weighted by atomic mass is 9.94. The molecule has 0 unspecified atom stereocenters. The number of benzene rings is 1. The Morgan fingerprint density at radius 3 is 2.79 bits per heavy atom. The Morgan fingerprint density at radius 2 is 2.03 bits per heavy atom. The number of amides is 1. The maximum absolute atomic E-state index is 11.9. The number of nitrogens with one attached hydrogen (secondary N) is 1. The van der Waals surface area contributed by atoms with Crippen molar-refractivity contribution in [2.75, 3.05) is 13.1 Å². The Hall–Kier alpha value is -3.58. The van der Waals surface area contributed by atoms with Crippen LogP contribution in [0.1, 0.15) is 41.6 Å². The van der Waals surface area contributed by atoms with Crippen molar-refractivity contribution in [3.8, 4) is 22.5 Å². The molecule has 4 aromatic rings. The Morgan fingerprint density at radius 1 is 1.18 bits per heavy atom. The molecule has 34 heavy (non-hydrogen) atoms. The van der Waals surface area contributed by atoms with Crippen molar-refractivity contribution in [2.24, 2.45) is 0 Å². The van der Waals surface area contributed by atoms with Gasteiger partial charge in [0.2, 0.25) is 0 Å². The molecular formula is C27H27N5O2. The van der Waals surface area contributed by atoms with Crippen LogP contribution in [0.2, 0.25) is 0 Å². The third-order valence-corrected chi connectivity index (χ3v) is 7.16. The van der Waals surface area contributed by atoms with Gasteiger partial charge < -0.3 is 10.0 Å². The topological polar surface area (TPSA) is 95.0 Å². The minimum absolute atomic E-state index is 0.195. The SMILES string of the molecule is Cc1cc2[nH]nc(-c3ccc(C4CN(C(=O)[C@H](C)O)C4)nc3)c2nc1-c1cccc2c1CCC2. The predicted octanol–water partition coefficient (Wildman–Crippen LogP) is 3.79. The third-order valence-electron chi connectivity index (χ3n) is 7.16. The number of aromatic nitrogens is 4. The second-order valence-corrected chi connectivity index (χ2v) is 9.51. The van der Waals surface area contributed by atoms with Gasteiger partial charge in [0.15, 0.2) is 0 Å². The lowest BCUT2D eigenvalue weighted by Gasteiger charge is -2.39. The van der Waals surface area contributed by atoms with Crippen LogP contribution in [-0.4, -0.2) is 55.3 Å². The average Bonchev–Trinajstić information content (AvgIpc) is 3.44. The predicted molar refractivity (Wildman–Crippen MR) is 130 cm³/mol. The maximum Gasteiger partial charge on any atom is 0.251 e. The van der Waals surface area contributed by atoms with Crippen molar-refractivity contribution in [2.45, 2.75) is 45.1 Å². The highest BCUT2D eigenvalue weighted by Crippen LogP contribution is 2.36. The number of aliphatic hydroxyl groups is 1. The summed E-state index contributed by atoms with van der Waals surface area (Å²) in [6.07, 6.45) is 4.34. The van der Waals surface area contributed by atoms with E-state index < -0.39 is 6.10 Å². The molecule has 0 spiro atoms. The van der Waals surface area contributed by atoms with Crippen molar-refractivity contribution < 1.29 is 9.90 Å². The van der Waals surface area contributed by atoms with Crippen LogP contribution in [0.25, 0.3) is 33.5 Å². The van der Waals surface area contributed by atoms with E-state index in [4.69, 9.17) is 4.98 Å². The summed E-state index contributed by atoms with van der Waals surface area (Å²) in [5.74, 6) is -0.0303. The van der Waals surface area contributed by atoms with Crippen molar-refractivity contribution in [1.82, 2.24) is 25.1 Å². The number of hydrogen-bond donors (Lipinski definition) is 2. The van der Waals surface area contributed by atoms with Gasteiger partial charge in [0.25, 0.3) is 5.91 Å². The van der Waals surface area contributed by atoms with E-state index in [1.54, 1.807) is 4.90 Å². The van der Waals surface area contributed by atoms with Crippen LogP contribution >= 0.6 is 0 Å². The van der Waals surface area contributed by atoms with Crippen LogP contribution in [0.5, 0.6) is 0 Å². The summed E-state index contributed by atoms with van der Waals surface area (Å²) in [6.45, 7) is 4.79. The highest BCUT2D eigenvalue weighted by Gasteiger charge is 2.34. The number of carbonyl (C=O) groups is 1. The Labute approximate surface area is 197 Å². The number of likely N-dealkylation sites (tertiary alicyclic amines) is 1. The molecule has 1 amide bonds. The molecule has 0 saturated carbocycles. The van der Waals surface area contributed by atoms with Gasteiger partial charge in [0.1, 0.15) is 17.3 Å². The zero-order chi connectivity index (χ0) is 23.4. The lowest BCUT2D eigenvalue weighted by molar-refractivity contribution is -0.143. The highest BCUT2D eigenvalue weighted by atomic mass is 16.3. The van der Waals surface area contributed by atoms with Crippen LogP contribution in [-0.2, 0) is 17.6 Å². The lowest BCUT2D eigenvalue weighted by Crippen LogP contribution is -2.51. The van der Waals surface area contributed by atoms with Gasteiger partial charge in [-0.2, -0.15) is 5.10 Å². The van der Waals surface area contributed by atoms with E-state index in [0.29, 0.717) is 13.1 Å². The first-order valence-electron chi connectivity index (χ1n) is 11.9. The zero-order valence-corrected chi connectivity index (χ0v) is 19.4. The number of carbonyl (C=O) groups excluding carboxylic acids is 1. The molecule has 1 aliphatic heterocycles. The Balaban J connectivity index is 1.31. The molecule has 1 aromatic carbocycles. The van der Waals surface area contributed by atoms with Gasteiger partial charge in [0.05, 0.1) is 11.2 Å². The van der Waals surface area contributed by atoms with Gasteiger partial charge in [-0.05, 0) is 68.0 Å². The van der Waals surface area contributed by atoms with Crippen LogP contribution in [0.4, 0.5) is 0 Å². The molecule has 2 aliphatic rings. The van der Waals surface area contributed by atoms with Gasteiger partial charge in [-0.15, -0.1) is 0 Å². The molecule has 7 nitrogen and oxygen atoms in total. The van der Waals surface area contributed by atoms with Crippen LogP contribution < -0.4 is 0 Å². The molecular weight excluding hydrogens is 426 g/mol. The number of nitrogens with zero attached hydrogens (tertiary/aromatic N) is 4. The molecule has 4 heterocycles. The standard InChI is InChI=1S/C27H27N5O2/c1-15-11-23-26(29-24(15)21-8-4-6-17-5-3-7-20(17)21)25(31-30-23)18-9-10-22(28-12-18)19-13-32(14-19)27(34)16(2)33/h4,6,8-12,16,19,33H,3,5,7,13-14H2,1-2H3,(H,30,31)/t16-/m0/s1. The third kappa shape index (κ3) is 3.39. The molecule has 1 aliphatic carbocycles. The van der Waals surface area contributed by atoms with E-state index in [1.165, 1.54) is 30.0 Å². The van der Waals surface area contributed by atoms with E-state index in [1.807, 2.05) is 18.3 Å². The average molecular weight is 454 g/mol. The first kappa shape index (κ1) is 21.0. The number of rotatable bonds is 4. The number of aryl methyl sites for hydroxylation is 2. The molecule has 172 valence electrons. The Kier molecular flexibility index (Phi) is 4.95. The summed E-state index contributed by atoms with van der Waals surface area (Å²) in [5.41, 5.74) is 10.7. The van der Waals surface area contributed by atoms with E-state index in [-0.39, 0.29) is 11.8 Å². The zero-order valence-electron chi connectivity index (χ0n) is 19.4. The number of hydrogen-bond acceptors (Lipinski definition) is 5. The van der Waals surface area contributed by atoms with Crippen molar-refractivity contribution in [3.05, 3.63) is 65.0 Å². The van der Waals surface area contributed by atoms with E-state index in [0.717, 1.165) is 52.1 Å². The van der Waals surface area contributed by atoms with E-state index >= 15 is 0 Å². The maximum atomic E-state index is 11.9. The first-order chi connectivity index (χ1) is 16.5. The van der Waals surface area contributed by atoms with Gasteiger partial charge in [-0.1, -0.05) is 18.2 Å². The molecule has 0 radical (unpaired) electrons. The smallest absolute Gasteiger partial charge is 0.251 e. The summed E-state index contributed by atoms with van der Waals surface area (Å²) in [4.78, 5) is 23.3. The van der Waals surface area contributed by atoms with Crippen LogP contribution in [0, 0.1) is 6.92 Å². The van der Waals surface area contributed by atoms with Crippen LogP contribution in [0.15, 0.2) is 42.6 Å². The fourth-order valence-corrected chi connectivity index (χ4v) is 5.26. The molecule has 6 rings (SSSR count). The highest BCUT2D eigenvalue weighted by molar-refractivity contribution is 5.92. The fourth-order valence-electron chi connectivity index (χ4n) is 5.26. The quantitative estimate of drug-likeness (QED) is 0.490. The molecule has 7 heteroatoms. The first-order valence-corrected chi connectivity index (χ1v) is 11.9. The normalized spacial score (nSPS) is 16.5. The summed E-state index contributed by atoms with van der Waals surface area (Å²) in [7, 11) is 0. The molecule has 1 saturated heterocycles. The number of fused-ring (bicyclic) bond motifs is 2. The number of aromatic amines is 1.